The number of anilines is 3. The van der Waals surface area contributed by atoms with Crippen LogP contribution in [-0.4, -0.2) is 58.9 Å². The van der Waals surface area contributed by atoms with Gasteiger partial charge in [0.25, 0.3) is 0 Å². The third-order valence-corrected chi connectivity index (χ3v) is 7.28. The molecule has 0 saturated carbocycles. The molecule has 2 aliphatic heterocycles. The molecule has 0 aliphatic carbocycles. The highest BCUT2D eigenvalue weighted by Crippen LogP contribution is 2.39. The molecular weight excluding hydrogens is 580 g/mol. The van der Waals surface area contributed by atoms with Crippen molar-refractivity contribution in [2.24, 2.45) is 0 Å². The van der Waals surface area contributed by atoms with Gasteiger partial charge in [-0.3, -0.25) is 0 Å². The maximum absolute atomic E-state index is 14.2. The number of alkyl halides is 4. The van der Waals surface area contributed by atoms with Gasteiger partial charge in [-0.2, -0.15) is 4.98 Å². The number of aromatic nitrogens is 4. The molecule has 220 valence electrons. The predicted molar refractivity (Wildman–Crippen MR) is 147 cm³/mol. The zero-order valence-corrected chi connectivity index (χ0v) is 23.0. The fourth-order valence-electron chi connectivity index (χ4n) is 5.19. The van der Waals surface area contributed by atoms with Crippen molar-refractivity contribution >= 4 is 29.1 Å². The average Bonchev–Trinajstić information content (AvgIpc) is 3.60. The standard InChI is InChI=1S/C28H25ClF4N6O3/c1-40-23-10-18(4-7-22(23)39-12-24(29)34-15-39)35-27-36-25-20(16-2-5-19(6-3-16)42-28(31,32)33)13-41-14-21(25)26(37-27)38-9-8-17(30)11-38/h2-7,10,12,15,17,20H,8-9,11,13-14H2,1H3,(H,35,36,37)/t17-,20?/m1/s1. The minimum Gasteiger partial charge on any atom is -0.494 e. The molecule has 2 aromatic heterocycles. The van der Waals surface area contributed by atoms with Crippen LogP contribution in [-0.2, 0) is 11.3 Å². The third-order valence-electron chi connectivity index (χ3n) is 7.09. The van der Waals surface area contributed by atoms with Crippen molar-refractivity contribution < 1.29 is 31.8 Å². The number of rotatable bonds is 7. The lowest BCUT2D eigenvalue weighted by molar-refractivity contribution is -0.274. The minimum atomic E-state index is -4.79. The first kappa shape index (κ1) is 28.0. The van der Waals surface area contributed by atoms with E-state index in [1.807, 2.05) is 17.0 Å². The van der Waals surface area contributed by atoms with Gasteiger partial charge < -0.3 is 29.0 Å². The van der Waals surface area contributed by atoms with Gasteiger partial charge in [0.15, 0.2) is 0 Å². The summed E-state index contributed by atoms with van der Waals surface area (Å²) < 4.78 is 69.5. The Morgan fingerprint density at radius 3 is 2.60 bits per heavy atom. The Hall–Kier alpha value is -4.10. The van der Waals surface area contributed by atoms with Gasteiger partial charge >= 0.3 is 6.36 Å². The lowest BCUT2D eigenvalue weighted by Gasteiger charge is -2.30. The normalized spacial score (nSPS) is 18.6. The quantitative estimate of drug-likeness (QED) is 0.251. The SMILES string of the molecule is COc1cc(Nc2nc3c(c(N4CC[C@@H](F)C4)n2)COCC3c2ccc(OC(F)(F)F)cc2)ccc1-n1cnc(Cl)c1. The molecule has 1 saturated heterocycles. The Morgan fingerprint density at radius 2 is 1.93 bits per heavy atom. The van der Waals surface area contributed by atoms with Gasteiger partial charge in [0.05, 0.1) is 44.2 Å². The summed E-state index contributed by atoms with van der Waals surface area (Å²) in [5, 5.41) is 3.58. The van der Waals surface area contributed by atoms with Crippen LogP contribution in [0.4, 0.5) is 35.0 Å². The Balaban J connectivity index is 1.36. The smallest absolute Gasteiger partial charge is 0.494 e. The van der Waals surface area contributed by atoms with Gasteiger partial charge in [0.2, 0.25) is 5.95 Å². The fourth-order valence-corrected chi connectivity index (χ4v) is 5.33. The molecular formula is C28H25ClF4N6O3. The molecule has 4 aromatic rings. The highest BCUT2D eigenvalue weighted by molar-refractivity contribution is 6.29. The van der Waals surface area contributed by atoms with E-state index in [0.717, 1.165) is 5.69 Å². The molecule has 1 unspecified atom stereocenters. The van der Waals surface area contributed by atoms with Gasteiger partial charge in [-0.1, -0.05) is 23.7 Å². The molecule has 14 heteroatoms. The van der Waals surface area contributed by atoms with Crippen LogP contribution in [0.3, 0.4) is 0 Å². The molecule has 2 aliphatic rings. The highest BCUT2D eigenvalue weighted by atomic mass is 35.5. The number of halogens is 5. The van der Waals surface area contributed by atoms with Crippen LogP contribution in [0, 0.1) is 0 Å². The van der Waals surface area contributed by atoms with Crippen molar-refractivity contribution in [3.63, 3.8) is 0 Å². The van der Waals surface area contributed by atoms with Crippen molar-refractivity contribution in [2.45, 2.75) is 31.5 Å². The summed E-state index contributed by atoms with van der Waals surface area (Å²) in [4.78, 5) is 15.5. The summed E-state index contributed by atoms with van der Waals surface area (Å²) in [6.07, 6.45) is -2.17. The van der Waals surface area contributed by atoms with E-state index in [1.165, 1.54) is 12.1 Å². The Morgan fingerprint density at radius 1 is 1.12 bits per heavy atom. The molecule has 0 spiro atoms. The molecule has 0 bridgehead atoms. The van der Waals surface area contributed by atoms with Crippen LogP contribution < -0.4 is 19.7 Å². The van der Waals surface area contributed by atoms with E-state index in [4.69, 9.17) is 31.0 Å². The van der Waals surface area contributed by atoms with E-state index in [0.29, 0.717) is 52.2 Å². The first-order valence-electron chi connectivity index (χ1n) is 13.0. The van der Waals surface area contributed by atoms with E-state index < -0.39 is 18.5 Å². The van der Waals surface area contributed by atoms with E-state index in [9.17, 15) is 17.6 Å². The molecule has 4 heterocycles. The monoisotopic (exact) mass is 604 g/mol. The summed E-state index contributed by atoms with van der Waals surface area (Å²) >= 11 is 5.98. The molecule has 1 fully saturated rings. The van der Waals surface area contributed by atoms with Gasteiger partial charge in [-0.15, -0.1) is 13.2 Å². The third kappa shape index (κ3) is 5.93. The molecule has 2 aromatic carbocycles. The number of nitrogens with one attached hydrogen (secondary N) is 1. The summed E-state index contributed by atoms with van der Waals surface area (Å²) in [5.74, 6) is 0.647. The number of imidazole rings is 1. The van der Waals surface area contributed by atoms with Crippen molar-refractivity contribution in [1.82, 2.24) is 19.5 Å². The second kappa shape index (κ2) is 11.3. The van der Waals surface area contributed by atoms with Crippen LogP contribution in [0.1, 0.15) is 29.2 Å². The zero-order chi connectivity index (χ0) is 29.4. The topological polar surface area (TPSA) is 86.6 Å². The lowest BCUT2D eigenvalue weighted by Crippen LogP contribution is -2.28. The number of methoxy groups -OCH3 is 1. The Kier molecular flexibility index (Phi) is 7.54. The van der Waals surface area contributed by atoms with E-state index >= 15 is 0 Å². The zero-order valence-electron chi connectivity index (χ0n) is 22.2. The number of benzene rings is 2. The number of nitrogens with zero attached hydrogens (tertiary/aromatic N) is 5. The van der Waals surface area contributed by atoms with E-state index in [2.05, 4.69) is 15.0 Å². The van der Waals surface area contributed by atoms with Crippen LogP contribution in [0.15, 0.2) is 55.0 Å². The molecule has 0 radical (unpaired) electrons. The molecule has 9 nitrogen and oxygen atoms in total. The molecule has 2 atom stereocenters. The molecule has 1 N–H and O–H groups in total. The van der Waals surface area contributed by atoms with Crippen molar-refractivity contribution in [1.29, 1.82) is 0 Å². The van der Waals surface area contributed by atoms with Gasteiger partial charge in [-0.05, 0) is 36.2 Å². The average molecular weight is 605 g/mol. The number of fused-ring (bicyclic) bond motifs is 1. The van der Waals surface area contributed by atoms with E-state index in [1.54, 1.807) is 42.4 Å². The Bertz CT molecular complexity index is 1580. The predicted octanol–water partition coefficient (Wildman–Crippen LogP) is 6.18. The van der Waals surface area contributed by atoms with Crippen LogP contribution in [0.2, 0.25) is 5.15 Å². The maximum Gasteiger partial charge on any atom is 0.573 e. The minimum absolute atomic E-state index is 0.188. The molecule has 0 amide bonds. The summed E-state index contributed by atoms with van der Waals surface area (Å²) in [6, 6.07) is 11.0. The summed E-state index contributed by atoms with van der Waals surface area (Å²) in [6.45, 7) is 1.14. The van der Waals surface area contributed by atoms with Crippen LogP contribution >= 0.6 is 11.6 Å². The van der Waals surface area contributed by atoms with Crippen molar-refractivity contribution in [3.8, 4) is 17.2 Å². The second-order valence-corrected chi connectivity index (χ2v) is 10.3. The highest BCUT2D eigenvalue weighted by Gasteiger charge is 2.34. The molecule has 6 rings (SSSR count). The summed E-state index contributed by atoms with van der Waals surface area (Å²) in [5.41, 5.74) is 3.41. The summed E-state index contributed by atoms with van der Waals surface area (Å²) in [7, 11) is 1.55. The fraction of sp³-hybridized carbons (Fsp3) is 0.321. The maximum atomic E-state index is 14.2. The number of hydrogen-bond donors (Lipinski definition) is 1. The molecule has 42 heavy (non-hydrogen) atoms. The number of hydrogen-bond acceptors (Lipinski definition) is 8. The van der Waals surface area contributed by atoms with Crippen LogP contribution in [0.5, 0.6) is 11.5 Å². The van der Waals surface area contributed by atoms with Crippen LogP contribution in [0.25, 0.3) is 5.69 Å². The Labute approximate surface area is 243 Å². The number of ether oxygens (including phenoxy) is 3. The van der Waals surface area contributed by atoms with Crippen molar-refractivity contribution in [3.05, 3.63) is 77.0 Å². The van der Waals surface area contributed by atoms with E-state index in [-0.39, 0.29) is 31.5 Å². The van der Waals surface area contributed by atoms with Gasteiger partial charge in [0, 0.05) is 30.1 Å². The second-order valence-electron chi connectivity index (χ2n) is 9.87. The van der Waals surface area contributed by atoms with Gasteiger partial charge in [0.1, 0.15) is 35.0 Å². The lowest BCUT2D eigenvalue weighted by atomic mass is 9.91. The largest absolute Gasteiger partial charge is 0.573 e. The first-order chi connectivity index (χ1) is 20.2. The first-order valence-corrected chi connectivity index (χ1v) is 13.4. The van der Waals surface area contributed by atoms with Gasteiger partial charge in [-0.25, -0.2) is 14.4 Å². The van der Waals surface area contributed by atoms with Crippen molar-refractivity contribution in [2.75, 3.05) is 37.0 Å².